The number of ether oxygens (including phenoxy) is 1. The number of halogens is 1. The molecule has 4 heteroatoms. The summed E-state index contributed by atoms with van der Waals surface area (Å²) in [4.78, 5) is 11.7. The quantitative estimate of drug-likeness (QED) is 0.853. The zero-order valence-corrected chi connectivity index (χ0v) is 11.3. The first-order chi connectivity index (χ1) is 8.72. The Hall–Kier alpha value is -0.900. The highest BCUT2D eigenvalue weighted by Gasteiger charge is 2.19. The molecule has 0 radical (unpaired) electrons. The van der Waals surface area contributed by atoms with Crippen LogP contribution < -0.4 is 5.32 Å². The second kappa shape index (κ2) is 6.32. The van der Waals surface area contributed by atoms with E-state index in [0.717, 1.165) is 31.6 Å². The van der Waals surface area contributed by atoms with E-state index in [4.69, 9.17) is 16.3 Å². The number of Topliss-reactive ketones (excluding diaryl/α,β-unsaturated/α-hetero) is 1. The van der Waals surface area contributed by atoms with Gasteiger partial charge < -0.3 is 10.1 Å². The monoisotopic (exact) mass is 267 g/mol. The maximum absolute atomic E-state index is 11.7. The predicted molar refractivity (Wildman–Crippen MR) is 72.5 cm³/mol. The van der Waals surface area contributed by atoms with Gasteiger partial charge in [-0.3, -0.25) is 4.79 Å². The molecule has 1 aromatic carbocycles. The summed E-state index contributed by atoms with van der Waals surface area (Å²) in [5, 5.41) is 3.55. The molecule has 0 atom stereocenters. The summed E-state index contributed by atoms with van der Waals surface area (Å²) in [6.07, 6.45) is 2.01. The van der Waals surface area contributed by atoms with Gasteiger partial charge in [0.2, 0.25) is 0 Å². The molecule has 0 aliphatic carbocycles. The fourth-order valence-corrected chi connectivity index (χ4v) is 2.64. The van der Waals surface area contributed by atoms with E-state index in [1.807, 2.05) is 12.1 Å². The van der Waals surface area contributed by atoms with Crippen molar-refractivity contribution < 1.29 is 9.53 Å². The van der Waals surface area contributed by atoms with Crippen LogP contribution in [-0.2, 0) is 4.74 Å². The van der Waals surface area contributed by atoms with Crippen molar-refractivity contribution in [2.45, 2.75) is 18.8 Å². The van der Waals surface area contributed by atoms with Gasteiger partial charge in [-0.1, -0.05) is 23.7 Å². The summed E-state index contributed by atoms with van der Waals surface area (Å²) < 4.78 is 5.35. The van der Waals surface area contributed by atoms with Gasteiger partial charge in [-0.15, -0.1) is 0 Å². The molecule has 0 saturated carbocycles. The van der Waals surface area contributed by atoms with Gasteiger partial charge in [0, 0.05) is 23.8 Å². The molecule has 3 nitrogen and oxygen atoms in total. The summed E-state index contributed by atoms with van der Waals surface area (Å²) in [5.74, 6) is 0.526. The van der Waals surface area contributed by atoms with E-state index in [0.29, 0.717) is 23.0 Å². The fraction of sp³-hybridized carbons (Fsp3) is 0.500. The van der Waals surface area contributed by atoms with Crippen LogP contribution in [-0.4, -0.2) is 32.6 Å². The Balaban J connectivity index is 2.16. The van der Waals surface area contributed by atoms with Crippen LogP contribution >= 0.6 is 11.6 Å². The van der Waals surface area contributed by atoms with E-state index in [2.05, 4.69) is 5.32 Å². The Bertz CT molecular complexity index is 428. The molecule has 18 heavy (non-hydrogen) atoms. The van der Waals surface area contributed by atoms with Crippen molar-refractivity contribution in [1.29, 1.82) is 0 Å². The SMILES string of the molecule is CNCC(=O)c1ccc(C2CCOCC2)c(Cl)c1. The zero-order valence-electron chi connectivity index (χ0n) is 10.5. The molecule has 2 rings (SSSR count). The van der Waals surface area contributed by atoms with Crippen LogP contribution in [0.3, 0.4) is 0 Å². The van der Waals surface area contributed by atoms with Crippen molar-refractivity contribution >= 4 is 17.4 Å². The van der Waals surface area contributed by atoms with Crippen molar-refractivity contribution in [2.75, 3.05) is 26.8 Å². The van der Waals surface area contributed by atoms with E-state index in [1.54, 1.807) is 13.1 Å². The van der Waals surface area contributed by atoms with Gasteiger partial charge in [0.25, 0.3) is 0 Å². The van der Waals surface area contributed by atoms with Crippen LogP contribution in [0, 0.1) is 0 Å². The van der Waals surface area contributed by atoms with E-state index >= 15 is 0 Å². The Kier molecular flexibility index (Phi) is 4.75. The number of likely N-dealkylation sites (N-methyl/N-ethyl adjacent to an activating group) is 1. The second-order valence-electron chi connectivity index (χ2n) is 4.58. The number of hydrogen-bond donors (Lipinski definition) is 1. The largest absolute Gasteiger partial charge is 0.381 e. The van der Waals surface area contributed by atoms with Crippen molar-refractivity contribution in [3.05, 3.63) is 34.3 Å². The molecule has 0 amide bonds. The number of hydrogen-bond acceptors (Lipinski definition) is 3. The lowest BCUT2D eigenvalue weighted by molar-refractivity contribution is 0.0853. The Morgan fingerprint density at radius 3 is 2.78 bits per heavy atom. The molecule has 1 fully saturated rings. The Morgan fingerprint density at radius 2 is 2.17 bits per heavy atom. The number of carbonyl (C=O) groups excluding carboxylic acids is 1. The van der Waals surface area contributed by atoms with Crippen LogP contribution in [0.2, 0.25) is 5.02 Å². The summed E-state index contributed by atoms with van der Waals surface area (Å²) in [6.45, 7) is 1.93. The molecule has 1 aliphatic heterocycles. The molecule has 1 saturated heterocycles. The third-order valence-corrected chi connectivity index (χ3v) is 3.65. The maximum atomic E-state index is 11.7. The summed E-state index contributed by atoms with van der Waals surface area (Å²) in [7, 11) is 1.76. The lowest BCUT2D eigenvalue weighted by Gasteiger charge is -2.23. The topological polar surface area (TPSA) is 38.3 Å². The van der Waals surface area contributed by atoms with Crippen LogP contribution in [0.25, 0.3) is 0 Å². The van der Waals surface area contributed by atoms with Crippen molar-refractivity contribution in [1.82, 2.24) is 5.32 Å². The fourth-order valence-electron chi connectivity index (χ4n) is 2.30. The summed E-state index contributed by atoms with van der Waals surface area (Å²) in [6, 6.07) is 5.64. The number of nitrogens with one attached hydrogen (secondary N) is 1. The predicted octanol–water partition coefficient (Wildman–Crippen LogP) is 2.64. The van der Waals surface area contributed by atoms with Crippen LogP contribution in [0.15, 0.2) is 18.2 Å². The lowest BCUT2D eigenvalue weighted by Crippen LogP contribution is -2.19. The number of ketones is 1. The third-order valence-electron chi connectivity index (χ3n) is 3.32. The van der Waals surface area contributed by atoms with Crippen LogP contribution in [0.4, 0.5) is 0 Å². The minimum absolute atomic E-state index is 0.0675. The first kappa shape index (κ1) is 13.5. The van der Waals surface area contributed by atoms with Crippen LogP contribution in [0.1, 0.15) is 34.7 Å². The standard InChI is InChI=1S/C14H18ClNO2/c1-16-9-14(17)11-2-3-12(13(15)8-11)10-4-6-18-7-5-10/h2-3,8,10,16H,4-7,9H2,1H3. The van der Waals surface area contributed by atoms with Crippen LogP contribution in [0.5, 0.6) is 0 Å². The molecule has 98 valence electrons. The summed E-state index contributed by atoms with van der Waals surface area (Å²) in [5.41, 5.74) is 1.81. The lowest BCUT2D eigenvalue weighted by atomic mass is 9.91. The number of benzene rings is 1. The molecule has 1 aromatic rings. The highest BCUT2D eigenvalue weighted by molar-refractivity contribution is 6.31. The average molecular weight is 268 g/mol. The van der Waals surface area contributed by atoms with Crippen molar-refractivity contribution in [2.24, 2.45) is 0 Å². The van der Waals surface area contributed by atoms with E-state index < -0.39 is 0 Å². The second-order valence-corrected chi connectivity index (χ2v) is 4.98. The first-order valence-electron chi connectivity index (χ1n) is 6.27. The molecule has 1 N–H and O–H groups in total. The first-order valence-corrected chi connectivity index (χ1v) is 6.65. The van der Waals surface area contributed by atoms with Gasteiger partial charge in [0.1, 0.15) is 0 Å². The van der Waals surface area contributed by atoms with Gasteiger partial charge in [-0.25, -0.2) is 0 Å². The zero-order chi connectivity index (χ0) is 13.0. The Labute approximate surface area is 112 Å². The third kappa shape index (κ3) is 3.10. The van der Waals surface area contributed by atoms with E-state index in [1.165, 1.54) is 0 Å². The highest BCUT2D eigenvalue weighted by Crippen LogP contribution is 2.32. The number of rotatable bonds is 4. The molecule has 1 aliphatic rings. The van der Waals surface area contributed by atoms with Gasteiger partial charge in [-0.05, 0) is 37.4 Å². The maximum Gasteiger partial charge on any atom is 0.176 e. The van der Waals surface area contributed by atoms with E-state index in [-0.39, 0.29) is 5.78 Å². The molecule has 0 spiro atoms. The van der Waals surface area contributed by atoms with Gasteiger partial charge in [0.05, 0.1) is 6.54 Å². The smallest absolute Gasteiger partial charge is 0.176 e. The Morgan fingerprint density at radius 1 is 1.44 bits per heavy atom. The minimum Gasteiger partial charge on any atom is -0.381 e. The van der Waals surface area contributed by atoms with Crippen molar-refractivity contribution in [3.63, 3.8) is 0 Å². The molecule has 0 bridgehead atoms. The van der Waals surface area contributed by atoms with E-state index in [9.17, 15) is 4.79 Å². The molecule has 0 unspecified atom stereocenters. The average Bonchev–Trinajstić information content (AvgIpc) is 2.40. The summed E-state index contributed by atoms with van der Waals surface area (Å²) >= 11 is 6.29. The van der Waals surface area contributed by atoms with Gasteiger partial charge >= 0.3 is 0 Å². The molecule has 1 heterocycles. The van der Waals surface area contributed by atoms with Gasteiger partial charge in [0.15, 0.2) is 5.78 Å². The molecule has 0 aromatic heterocycles. The van der Waals surface area contributed by atoms with Gasteiger partial charge in [-0.2, -0.15) is 0 Å². The number of carbonyl (C=O) groups is 1. The van der Waals surface area contributed by atoms with Crippen molar-refractivity contribution in [3.8, 4) is 0 Å². The molecular weight excluding hydrogens is 250 g/mol. The normalized spacial score (nSPS) is 16.8. The highest BCUT2D eigenvalue weighted by atomic mass is 35.5. The minimum atomic E-state index is 0.0675. The molecular formula is C14H18ClNO2.